The number of sulfonamides is 1. The number of carboxylic acid groups (broad SMARTS) is 1. The molecule has 4 rings (SSSR count). The standard InChI is InChI=1S/C19H13Cl2N3O5S2/c1-29-16-5-4-10(7-14(16)23-31(27,28)17-3-2-6-30-17)18-22-13-8-11(20)12(21)9-15(13)24(18)19(25)26/h2-9,23H,1H3,(H,25,26). The Hall–Kier alpha value is -2.79. The van der Waals surface area contributed by atoms with E-state index in [0.717, 1.165) is 15.9 Å². The van der Waals surface area contributed by atoms with Gasteiger partial charge in [-0.3, -0.25) is 4.72 Å². The maximum Gasteiger partial charge on any atom is 0.417 e. The molecule has 2 aromatic carbocycles. The number of methoxy groups -OCH3 is 1. The molecule has 0 atom stereocenters. The molecule has 8 nitrogen and oxygen atoms in total. The monoisotopic (exact) mass is 497 g/mol. The first kappa shape index (κ1) is 21.4. The molecule has 160 valence electrons. The third-order valence-corrected chi connectivity index (χ3v) is 7.83. The minimum absolute atomic E-state index is 0.0695. The first-order valence-corrected chi connectivity index (χ1v) is 11.7. The van der Waals surface area contributed by atoms with Gasteiger partial charge in [0.1, 0.15) is 9.96 Å². The predicted octanol–water partition coefficient (Wildman–Crippen LogP) is 5.41. The number of hydrogen-bond acceptors (Lipinski definition) is 6. The van der Waals surface area contributed by atoms with E-state index in [9.17, 15) is 18.3 Å². The molecule has 0 fully saturated rings. The zero-order valence-corrected chi connectivity index (χ0v) is 18.8. The molecule has 2 heterocycles. The number of benzene rings is 2. The summed E-state index contributed by atoms with van der Waals surface area (Å²) in [5.41, 5.74) is 1.04. The highest BCUT2D eigenvalue weighted by molar-refractivity contribution is 7.94. The van der Waals surface area contributed by atoms with Gasteiger partial charge in [-0.25, -0.2) is 22.8 Å². The van der Waals surface area contributed by atoms with Crippen molar-refractivity contribution < 1.29 is 23.1 Å². The van der Waals surface area contributed by atoms with E-state index in [-0.39, 0.29) is 37.0 Å². The normalized spacial score (nSPS) is 11.6. The van der Waals surface area contributed by atoms with Crippen LogP contribution >= 0.6 is 34.5 Å². The van der Waals surface area contributed by atoms with E-state index in [4.69, 9.17) is 27.9 Å². The number of rotatable bonds is 5. The maximum absolute atomic E-state index is 12.7. The average molecular weight is 498 g/mol. The van der Waals surface area contributed by atoms with E-state index >= 15 is 0 Å². The number of hydrogen-bond donors (Lipinski definition) is 2. The third kappa shape index (κ3) is 3.94. The summed E-state index contributed by atoms with van der Waals surface area (Å²) in [6.07, 6.45) is -1.28. The van der Waals surface area contributed by atoms with Gasteiger partial charge in [0, 0.05) is 5.56 Å². The van der Waals surface area contributed by atoms with E-state index < -0.39 is 16.1 Å². The van der Waals surface area contributed by atoms with E-state index in [0.29, 0.717) is 11.1 Å². The topological polar surface area (TPSA) is 111 Å². The summed E-state index contributed by atoms with van der Waals surface area (Å²) in [6, 6.07) is 10.5. The van der Waals surface area contributed by atoms with Crippen molar-refractivity contribution in [3.05, 3.63) is 57.9 Å². The summed E-state index contributed by atoms with van der Waals surface area (Å²) in [6.45, 7) is 0. The molecule has 0 saturated heterocycles. The van der Waals surface area contributed by atoms with Crippen LogP contribution in [0.5, 0.6) is 5.75 Å². The van der Waals surface area contributed by atoms with Gasteiger partial charge in [-0.2, -0.15) is 0 Å². The number of fused-ring (bicyclic) bond motifs is 1. The Morgan fingerprint density at radius 3 is 2.58 bits per heavy atom. The zero-order valence-electron chi connectivity index (χ0n) is 15.7. The number of imidazole rings is 1. The number of anilines is 1. The minimum atomic E-state index is -3.85. The summed E-state index contributed by atoms with van der Waals surface area (Å²) in [5, 5.41) is 11.8. The molecule has 0 aliphatic heterocycles. The molecule has 31 heavy (non-hydrogen) atoms. The number of aromatic nitrogens is 2. The molecule has 2 N–H and O–H groups in total. The molecule has 0 unspecified atom stereocenters. The van der Waals surface area contributed by atoms with E-state index in [1.54, 1.807) is 17.5 Å². The Balaban J connectivity index is 1.88. The van der Waals surface area contributed by atoms with Crippen molar-refractivity contribution in [2.45, 2.75) is 4.21 Å². The van der Waals surface area contributed by atoms with Crippen molar-refractivity contribution in [1.29, 1.82) is 0 Å². The first-order valence-electron chi connectivity index (χ1n) is 8.57. The lowest BCUT2D eigenvalue weighted by Gasteiger charge is -2.13. The molecule has 2 aromatic heterocycles. The highest BCUT2D eigenvalue weighted by atomic mass is 35.5. The van der Waals surface area contributed by atoms with Crippen LogP contribution < -0.4 is 9.46 Å². The Morgan fingerprint density at radius 2 is 1.94 bits per heavy atom. The molecule has 0 bridgehead atoms. The van der Waals surface area contributed by atoms with Crippen LogP contribution in [0.4, 0.5) is 10.5 Å². The van der Waals surface area contributed by atoms with Crippen LogP contribution in [0.2, 0.25) is 10.0 Å². The lowest BCUT2D eigenvalue weighted by atomic mass is 10.2. The lowest BCUT2D eigenvalue weighted by molar-refractivity contribution is 0.197. The van der Waals surface area contributed by atoms with Crippen LogP contribution in [0.15, 0.2) is 52.1 Å². The van der Waals surface area contributed by atoms with Gasteiger partial charge in [-0.1, -0.05) is 29.3 Å². The second kappa shape index (κ2) is 8.04. The number of halogens is 2. The van der Waals surface area contributed by atoms with E-state index in [1.807, 2.05) is 0 Å². The van der Waals surface area contributed by atoms with E-state index in [1.165, 1.54) is 37.4 Å². The maximum atomic E-state index is 12.7. The fourth-order valence-corrected chi connectivity index (χ4v) is 5.37. The fourth-order valence-electron chi connectivity index (χ4n) is 3.00. The highest BCUT2D eigenvalue weighted by Crippen LogP contribution is 2.35. The molecule has 12 heteroatoms. The number of ether oxygens (including phenoxy) is 1. The first-order chi connectivity index (χ1) is 14.7. The van der Waals surface area contributed by atoms with Crippen LogP contribution in [0.3, 0.4) is 0 Å². The van der Waals surface area contributed by atoms with Gasteiger partial charge < -0.3 is 9.84 Å². The molecule has 0 spiro atoms. The Kier molecular flexibility index (Phi) is 5.56. The smallest absolute Gasteiger partial charge is 0.417 e. The molecular weight excluding hydrogens is 485 g/mol. The van der Waals surface area contributed by atoms with Crippen molar-refractivity contribution in [1.82, 2.24) is 9.55 Å². The SMILES string of the molecule is COc1ccc(-c2nc3cc(Cl)c(Cl)cc3n2C(=O)O)cc1NS(=O)(=O)c1cccs1. The lowest BCUT2D eigenvalue weighted by Crippen LogP contribution is -2.13. The largest absolute Gasteiger partial charge is 0.495 e. The summed E-state index contributed by atoms with van der Waals surface area (Å²) >= 11 is 13.2. The third-order valence-electron chi connectivity index (χ3n) is 4.35. The van der Waals surface area contributed by atoms with Gasteiger partial charge in [0.05, 0.1) is 33.9 Å². The van der Waals surface area contributed by atoms with Crippen molar-refractivity contribution >= 4 is 67.4 Å². The number of thiophene rings is 1. The molecular formula is C19H13Cl2N3O5S2. The number of nitrogens with one attached hydrogen (secondary N) is 1. The molecule has 4 aromatic rings. The van der Waals surface area contributed by atoms with Gasteiger partial charge in [0.25, 0.3) is 10.0 Å². The number of carbonyl (C=O) groups is 1. The van der Waals surface area contributed by atoms with Crippen LogP contribution in [-0.2, 0) is 10.0 Å². The van der Waals surface area contributed by atoms with Gasteiger partial charge in [0.2, 0.25) is 0 Å². The zero-order chi connectivity index (χ0) is 22.3. The molecule has 0 aliphatic rings. The van der Waals surface area contributed by atoms with Crippen molar-refractivity contribution in [3.8, 4) is 17.1 Å². The van der Waals surface area contributed by atoms with Gasteiger partial charge in [-0.15, -0.1) is 11.3 Å². The predicted molar refractivity (Wildman–Crippen MR) is 120 cm³/mol. The molecule has 0 saturated carbocycles. The highest BCUT2D eigenvalue weighted by Gasteiger charge is 2.22. The molecule has 0 radical (unpaired) electrons. The van der Waals surface area contributed by atoms with Crippen LogP contribution in [0.25, 0.3) is 22.4 Å². The average Bonchev–Trinajstić information content (AvgIpc) is 3.37. The van der Waals surface area contributed by atoms with Gasteiger partial charge >= 0.3 is 6.09 Å². The summed E-state index contributed by atoms with van der Waals surface area (Å²) < 4.78 is 34.2. The quantitative estimate of drug-likeness (QED) is 0.381. The van der Waals surface area contributed by atoms with Crippen LogP contribution in [0.1, 0.15) is 0 Å². The van der Waals surface area contributed by atoms with Gasteiger partial charge in [-0.05, 0) is 41.8 Å². The summed E-state index contributed by atoms with van der Waals surface area (Å²) in [5.74, 6) is 0.327. The Bertz CT molecular complexity index is 1420. The van der Waals surface area contributed by atoms with Crippen molar-refractivity contribution in [2.24, 2.45) is 0 Å². The fraction of sp³-hybridized carbons (Fsp3) is 0.0526. The molecule has 0 amide bonds. The van der Waals surface area contributed by atoms with Crippen molar-refractivity contribution in [3.63, 3.8) is 0 Å². The Labute approximate surface area is 190 Å². The second-order valence-electron chi connectivity index (χ2n) is 6.26. The Morgan fingerprint density at radius 1 is 1.19 bits per heavy atom. The summed E-state index contributed by atoms with van der Waals surface area (Å²) in [7, 11) is -2.46. The minimum Gasteiger partial charge on any atom is -0.495 e. The van der Waals surface area contributed by atoms with E-state index in [2.05, 4.69) is 9.71 Å². The molecule has 0 aliphatic carbocycles. The van der Waals surface area contributed by atoms with Crippen molar-refractivity contribution in [2.75, 3.05) is 11.8 Å². The second-order valence-corrected chi connectivity index (χ2v) is 9.93. The number of nitrogens with zero attached hydrogens (tertiary/aromatic N) is 2. The van der Waals surface area contributed by atoms with Crippen LogP contribution in [0, 0.1) is 0 Å². The summed E-state index contributed by atoms with van der Waals surface area (Å²) in [4.78, 5) is 16.3. The van der Waals surface area contributed by atoms with Gasteiger partial charge in [0.15, 0.2) is 5.82 Å². The van der Waals surface area contributed by atoms with Crippen LogP contribution in [-0.4, -0.2) is 36.3 Å².